The van der Waals surface area contributed by atoms with E-state index in [9.17, 15) is 4.79 Å². The Labute approximate surface area is 167 Å². The molecule has 144 valence electrons. The molecule has 0 aliphatic heterocycles. The van der Waals surface area contributed by atoms with Gasteiger partial charge in [-0.05, 0) is 51.8 Å². The van der Waals surface area contributed by atoms with E-state index >= 15 is 0 Å². The van der Waals surface area contributed by atoms with Crippen molar-refractivity contribution >= 4 is 39.2 Å². The average Bonchev–Trinajstić information content (AvgIpc) is 2.67. The van der Waals surface area contributed by atoms with Crippen LogP contribution in [-0.2, 0) is 0 Å². The Morgan fingerprint density at radius 3 is 2.26 bits per heavy atom. The summed E-state index contributed by atoms with van der Waals surface area (Å²) in [7, 11) is 8.32. The van der Waals surface area contributed by atoms with Gasteiger partial charge in [-0.1, -0.05) is 6.07 Å². The summed E-state index contributed by atoms with van der Waals surface area (Å²) >= 11 is 3.38. The van der Waals surface area contributed by atoms with E-state index in [4.69, 9.17) is 19.9 Å². The quantitative estimate of drug-likeness (QED) is 0.403. The predicted octanol–water partition coefficient (Wildman–Crippen LogP) is 3.98. The van der Waals surface area contributed by atoms with Crippen LogP contribution in [0.5, 0.6) is 17.2 Å². The third-order valence-electron chi connectivity index (χ3n) is 4.00. The lowest BCUT2D eigenvalue weighted by atomic mass is 10.1. The van der Waals surface area contributed by atoms with E-state index in [0.29, 0.717) is 33.0 Å². The summed E-state index contributed by atoms with van der Waals surface area (Å²) in [6.45, 7) is 0. The van der Waals surface area contributed by atoms with E-state index in [2.05, 4.69) is 15.9 Å². The van der Waals surface area contributed by atoms with Crippen LogP contribution < -0.4 is 24.8 Å². The summed E-state index contributed by atoms with van der Waals surface area (Å²) in [5, 5.41) is 0. The van der Waals surface area contributed by atoms with Crippen LogP contribution in [0.15, 0.2) is 34.8 Å². The first kappa shape index (κ1) is 20.6. The number of methoxy groups -OCH3 is 3. The highest BCUT2D eigenvalue weighted by Crippen LogP contribution is 2.41. The van der Waals surface area contributed by atoms with Gasteiger partial charge in [0.25, 0.3) is 0 Å². The van der Waals surface area contributed by atoms with Crippen LogP contribution in [0.1, 0.15) is 15.9 Å². The van der Waals surface area contributed by atoms with Crippen LogP contribution in [0.25, 0.3) is 6.08 Å². The number of anilines is 2. The number of Topliss-reactive ketones (excluding diaryl/α,β-unsaturated/α-hetero) is 1. The highest BCUT2D eigenvalue weighted by atomic mass is 79.9. The first-order valence-corrected chi connectivity index (χ1v) is 8.91. The summed E-state index contributed by atoms with van der Waals surface area (Å²) in [6, 6.07) is 8.88. The van der Waals surface area contributed by atoms with Crippen molar-refractivity contribution in [3.63, 3.8) is 0 Å². The molecule has 2 N–H and O–H groups in total. The fourth-order valence-electron chi connectivity index (χ4n) is 2.66. The molecular formula is C20H23BrN2O4. The number of halogens is 1. The first-order valence-electron chi connectivity index (χ1n) is 8.11. The molecule has 0 aliphatic carbocycles. The van der Waals surface area contributed by atoms with Crippen LogP contribution >= 0.6 is 15.9 Å². The van der Waals surface area contributed by atoms with E-state index in [1.807, 2.05) is 37.2 Å². The average molecular weight is 435 g/mol. The van der Waals surface area contributed by atoms with Gasteiger partial charge in [0.1, 0.15) is 0 Å². The maximum atomic E-state index is 13.0. The number of benzene rings is 2. The Balaban J connectivity index is 2.46. The second-order valence-corrected chi connectivity index (χ2v) is 6.77. The maximum absolute atomic E-state index is 13.0. The molecule has 6 nitrogen and oxygen atoms in total. The molecule has 0 heterocycles. The molecule has 0 amide bonds. The SMILES string of the molecule is COc1ccc(C(=O)C(Br)=Cc2ccc(N)c(N(C)C)c2)c(OC)c1OC. The summed E-state index contributed by atoms with van der Waals surface area (Å²) in [6.07, 6.45) is 1.74. The van der Waals surface area contributed by atoms with Crippen molar-refractivity contribution in [2.75, 3.05) is 46.1 Å². The Morgan fingerprint density at radius 2 is 1.70 bits per heavy atom. The van der Waals surface area contributed by atoms with Crippen LogP contribution in [0, 0.1) is 0 Å². The van der Waals surface area contributed by atoms with Gasteiger partial charge in [0.05, 0.1) is 42.7 Å². The Morgan fingerprint density at radius 1 is 1.04 bits per heavy atom. The molecule has 7 heteroatoms. The summed E-state index contributed by atoms with van der Waals surface area (Å²) in [5.41, 5.74) is 8.73. The molecule has 27 heavy (non-hydrogen) atoms. The molecule has 2 aromatic rings. The number of nitrogen functional groups attached to an aromatic ring is 1. The van der Waals surface area contributed by atoms with Crippen molar-refractivity contribution in [1.29, 1.82) is 0 Å². The van der Waals surface area contributed by atoms with Gasteiger partial charge in [-0.15, -0.1) is 0 Å². The number of hydrogen-bond donors (Lipinski definition) is 1. The number of nitrogens with two attached hydrogens (primary N) is 1. The largest absolute Gasteiger partial charge is 0.493 e. The number of carbonyl (C=O) groups is 1. The molecule has 0 aliphatic rings. The van der Waals surface area contributed by atoms with Crippen LogP contribution in [0.4, 0.5) is 11.4 Å². The molecule has 0 saturated carbocycles. The number of ether oxygens (including phenoxy) is 3. The monoisotopic (exact) mass is 434 g/mol. The molecule has 2 aromatic carbocycles. The van der Waals surface area contributed by atoms with Gasteiger partial charge >= 0.3 is 0 Å². The van der Waals surface area contributed by atoms with Crippen LogP contribution in [0.3, 0.4) is 0 Å². The second kappa shape index (κ2) is 8.81. The maximum Gasteiger partial charge on any atom is 0.204 e. The third kappa shape index (κ3) is 4.36. The number of allylic oxidation sites excluding steroid dienone is 1. The van der Waals surface area contributed by atoms with Crippen LogP contribution in [-0.4, -0.2) is 41.2 Å². The van der Waals surface area contributed by atoms with Crippen molar-refractivity contribution < 1.29 is 19.0 Å². The number of rotatable bonds is 7. The van der Waals surface area contributed by atoms with Crippen molar-refractivity contribution in [2.24, 2.45) is 0 Å². The van der Waals surface area contributed by atoms with E-state index in [0.717, 1.165) is 11.3 Å². The highest BCUT2D eigenvalue weighted by Gasteiger charge is 2.22. The topological polar surface area (TPSA) is 74.0 Å². The van der Waals surface area contributed by atoms with E-state index < -0.39 is 0 Å². The first-order chi connectivity index (χ1) is 12.8. The number of carbonyl (C=O) groups excluding carboxylic acids is 1. The Bertz CT molecular complexity index is 879. The minimum atomic E-state index is -0.240. The second-order valence-electron chi connectivity index (χ2n) is 5.92. The number of ketones is 1. The third-order valence-corrected chi connectivity index (χ3v) is 4.58. The minimum Gasteiger partial charge on any atom is -0.493 e. The molecule has 0 fully saturated rings. The summed E-state index contributed by atoms with van der Waals surface area (Å²) in [4.78, 5) is 14.9. The lowest BCUT2D eigenvalue weighted by Crippen LogP contribution is -2.11. The molecule has 0 unspecified atom stereocenters. The van der Waals surface area contributed by atoms with Gasteiger partial charge in [0.15, 0.2) is 11.5 Å². The normalized spacial score (nSPS) is 11.1. The minimum absolute atomic E-state index is 0.240. The van der Waals surface area contributed by atoms with E-state index in [1.54, 1.807) is 18.2 Å². The zero-order valence-electron chi connectivity index (χ0n) is 16.0. The van der Waals surface area contributed by atoms with E-state index in [1.165, 1.54) is 21.3 Å². The Kier molecular flexibility index (Phi) is 6.74. The molecule has 0 aromatic heterocycles. The molecule has 0 atom stereocenters. The van der Waals surface area contributed by atoms with Gasteiger partial charge in [-0.3, -0.25) is 4.79 Å². The molecular weight excluding hydrogens is 412 g/mol. The molecule has 0 bridgehead atoms. The van der Waals surface area contributed by atoms with Crippen molar-refractivity contribution in [3.05, 3.63) is 45.9 Å². The van der Waals surface area contributed by atoms with Crippen molar-refractivity contribution in [3.8, 4) is 17.2 Å². The molecule has 0 spiro atoms. The fraction of sp³-hybridized carbons (Fsp3) is 0.250. The smallest absolute Gasteiger partial charge is 0.204 e. The van der Waals surface area contributed by atoms with Gasteiger partial charge < -0.3 is 24.8 Å². The van der Waals surface area contributed by atoms with Crippen molar-refractivity contribution in [1.82, 2.24) is 0 Å². The zero-order chi connectivity index (χ0) is 20.1. The standard InChI is InChI=1S/C20H23BrN2O4/c1-23(2)16-11-12(6-8-15(16)22)10-14(21)18(24)13-7-9-17(25-3)20(27-5)19(13)26-4/h6-11H,22H2,1-5H3. The van der Waals surface area contributed by atoms with E-state index in [-0.39, 0.29) is 5.78 Å². The molecule has 2 rings (SSSR count). The van der Waals surface area contributed by atoms with Gasteiger partial charge in [-0.2, -0.15) is 0 Å². The lowest BCUT2D eigenvalue weighted by Gasteiger charge is -2.16. The van der Waals surface area contributed by atoms with Gasteiger partial charge in [0.2, 0.25) is 11.5 Å². The highest BCUT2D eigenvalue weighted by molar-refractivity contribution is 9.12. The van der Waals surface area contributed by atoms with Crippen LogP contribution in [0.2, 0.25) is 0 Å². The Hall–Kier alpha value is -2.67. The van der Waals surface area contributed by atoms with Gasteiger partial charge in [-0.25, -0.2) is 0 Å². The number of hydrogen-bond acceptors (Lipinski definition) is 6. The predicted molar refractivity (Wildman–Crippen MR) is 113 cm³/mol. The summed E-state index contributed by atoms with van der Waals surface area (Å²) < 4.78 is 16.4. The molecule has 0 saturated heterocycles. The summed E-state index contributed by atoms with van der Waals surface area (Å²) in [5.74, 6) is 0.934. The lowest BCUT2D eigenvalue weighted by molar-refractivity contribution is 0.104. The van der Waals surface area contributed by atoms with Crippen molar-refractivity contribution in [2.45, 2.75) is 0 Å². The number of nitrogens with zero attached hydrogens (tertiary/aromatic N) is 1. The molecule has 0 radical (unpaired) electrons. The van der Waals surface area contributed by atoms with Gasteiger partial charge in [0, 0.05) is 14.1 Å². The fourth-order valence-corrected chi connectivity index (χ4v) is 3.14. The zero-order valence-corrected chi connectivity index (χ0v) is 17.6.